The predicted molar refractivity (Wildman–Crippen MR) is 31.6 cm³/mol. The van der Waals surface area contributed by atoms with Crippen molar-refractivity contribution in [2.24, 2.45) is 0 Å². The Kier molecular flexibility index (Phi) is 4.01. The van der Waals surface area contributed by atoms with Crippen molar-refractivity contribution in [2.75, 3.05) is 7.11 Å². The Labute approximate surface area is 57.7 Å². The molecule has 4 heteroatoms. The second kappa shape index (κ2) is 3.98. The summed E-state index contributed by atoms with van der Waals surface area (Å²) < 4.78 is 4.23. The molecule has 0 saturated carbocycles. The summed E-state index contributed by atoms with van der Waals surface area (Å²) in [6.45, 7) is 0. The van der Waals surface area contributed by atoms with Crippen molar-refractivity contribution in [3.05, 3.63) is 4.84 Å². The highest BCUT2D eigenvalue weighted by Crippen LogP contribution is 2.16. The van der Waals surface area contributed by atoms with Crippen molar-refractivity contribution in [3.8, 4) is 0 Å². The molecule has 0 aliphatic heterocycles. The van der Waals surface area contributed by atoms with Crippen LogP contribution in [-0.2, 0) is 9.53 Å². The zero-order valence-corrected chi connectivity index (χ0v) is 5.79. The van der Waals surface area contributed by atoms with Crippen LogP contribution in [0.15, 0.2) is 0 Å². The van der Waals surface area contributed by atoms with Gasteiger partial charge in [-0.05, 0) is 0 Å². The van der Waals surface area contributed by atoms with Crippen molar-refractivity contribution >= 4 is 29.2 Å². The quantitative estimate of drug-likeness (QED) is 0.566. The summed E-state index contributed by atoms with van der Waals surface area (Å²) in [6.07, 6.45) is -0.0282. The van der Waals surface area contributed by atoms with Gasteiger partial charge in [0.25, 0.3) is 0 Å². The molecule has 0 saturated heterocycles. The number of hydrogen-bond acceptors (Lipinski definition) is 2. The zero-order valence-electron chi connectivity index (χ0n) is 4.28. The summed E-state index contributed by atoms with van der Waals surface area (Å²) in [6, 6.07) is 0. The monoisotopic (exact) mass is 155 g/mol. The van der Waals surface area contributed by atoms with Crippen molar-refractivity contribution in [2.45, 2.75) is 6.42 Å². The van der Waals surface area contributed by atoms with E-state index >= 15 is 0 Å². The third kappa shape index (κ3) is 4.22. The molecule has 0 aliphatic rings. The van der Waals surface area contributed by atoms with Gasteiger partial charge in [-0.3, -0.25) is 4.79 Å². The molecule has 2 nitrogen and oxygen atoms in total. The van der Waals surface area contributed by atoms with Crippen LogP contribution in [0.5, 0.6) is 0 Å². The minimum atomic E-state index is -0.426. The molecule has 0 fully saturated rings. The molecule has 47 valence electrons. The third-order valence-electron chi connectivity index (χ3n) is 0.506. The van der Waals surface area contributed by atoms with Gasteiger partial charge >= 0.3 is 5.97 Å². The highest BCUT2D eigenvalue weighted by Gasteiger charge is 2.07. The minimum absolute atomic E-state index is 0.0249. The lowest BCUT2D eigenvalue weighted by molar-refractivity contribution is -0.139. The lowest BCUT2D eigenvalue weighted by Gasteiger charge is -1.95. The van der Waals surface area contributed by atoms with Crippen LogP contribution in [0, 0.1) is 4.84 Å². The van der Waals surface area contributed by atoms with Crippen LogP contribution >= 0.6 is 23.2 Å². The Morgan fingerprint density at radius 2 is 2.12 bits per heavy atom. The molecule has 0 aromatic rings. The first-order valence-corrected chi connectivity index (χ1v) is 2.66. The maximum absolute atomic E-state index is 10.2. The zero-order chi connectivity index (χ0) is 6.57. The lowest BCUT2D eigenvalue weighted by atomic mass is 10.5. The first-order valence-electron chi connectivity index (χ1n) is 1.90. The Balaban J connectivity index is 3.25. The van der Waals surface area contributed by atoms with Crippen molar-refractivity contribution < 1.29 is 9.53 Å². The predicted octanol–water partition coefficient (Wildman–Crippen LogP) is 1.52. The molecular weight excluding hydrogens is 151 g/mol. The fourth-order valence-corrected chi connectivity index (χ4v) is 0.399. The number of hydrogen-bond donors (Lipinski definition) is 0. The number of esters is 1. The molecule has 0 aliphatic carbocycles. The van der Waals surface area contributed by atoms with Crippen LogP contribution in [0.4, 0.5) is 0 Å². The highest BCUT2D eigenvalue weighted by molar-refractivity contribution is 6.53. The van der Waals surface area contributed by atoms with Crippen LogP contribution in [0.25, 0.3) is 0 Å². The summed E-state index contributed by atoms with van der Waals surface area (Å²) in [5.74, 6) is -0.426. The van der Waals surface area contributed by atoms with Gasteiger partial charge < -0.3 is 4.74 Å². The summed E-state index contributed by atoms with van der Waals surface area (Å²) in [5, 5.41) is 0. The van der Waals surface area contributed by atoms with E-state index in [-0.39, 0.29) is 11.3 Å². The fourth-order valence-electron chi connectivity index (χ4n) is 0.181. The van der Waals surface area contributed by atoms with Crippen LogP contribution in [0.1, 0.15) is 6.42 Å². The SMILES string of the molecule is COC(=O)C[C](Cl)Cl. The van der Waals surface area contributed by atoms with Gasteiger partial charge in [-0.2, -0.15) is 0 Å². The molecule has 0 heterocycles. The van der Waals surface area contributed by atoms with Gasteiger partial charge in [0.05, 0.1) is 13.5 Å². The van der Waals surface area contributed by atoms with Gasteiger partial charge in [-0.15, -0.1) is 0 Å². The van der Waals surface area contributed by atoms with E-state index in [9.17, 15) is 4.79 Å². The van der Waals surface area contributed by atoms with Crippen molar-refractivity contribution in [1.29, 1.82) is 0 Å². The number of methoxy groups -OCH3 is 1. The molecule has 0 atom stereocenters. The van der Waals surface area contributed by atoms with Gasteiger partial charge in [-0.25, -0.2) is 0 Å². The Morgan fingerprint density at radius 1 is 1.62 bits per heavy atom. The third-order valence-corrected chi connectivity index (χ3v) is 0.773. The molecule has 0 spiro atoms. The van der Waals surface area contributed by atoms with Gasteiger partial charge in [0.2, 0.25) is 0 Å². The number of carbonyl (C=O) groups excluding carboxylic acids is 1. The normalized spacial score (nSPS) is 9.50. The second-order valence-corrected chi connectivity index (χ2v) is 2.20. The van der Waals surface area contributed by atoms with Crippen LogP contribution in [0.2, 0.25) is 0 Å². The van der Waals surface area contributed by atoms with E-state index < -0.39 is 5.97 Å². The summed E-state index contributed by atoms with van der Waals surface area (Å²) in [5.41, 5.74) is 0. The molecule has 0 unspecified atom stereocenters. The topological polar surface area (TPSA) is 26.3 Å². The fraction of sp³-hybridized carbons (Fsp3) is 0.500. The van der Waals surface area contributed by atoms with E-state index in [0.717, 1.165) is 0 Å². The molecule has 0 rings (SSSR count). The van der Waals surface area contributed by atoms with Gasteiger partial charge in [-0.1, -0.05) is 23.2 Å². The standard InChI is InChI=1S/C4H5Cl2O2/c1-8-4(7)2-3(5)6/h2H2,1H3. The molecule has 0 bridgehead atoms. The van der Waals surface area contributed by atoms with Gasteiger partial charge in [0.1, 0.15) is 0 Å². The molecular formula is C4H5Cl2O2. The smallest absolute Gasteiger partial charge is 0.308 e. The number of rotatable bonds is 2. The largest absolute Gasteiger partial charge is 0.469 e. The van der Waals surface area contributed by atoms with E-state index in [1.165, 1.54) is 7.11 Å². The first kappa shape index (κ1) is 8.05. The first-order chi connectivity index (χ1) is 3.66. The van der Waals surface area contributed by atoms with Crippen LogP contribution in [0.3, 0.4) is 0 Å². The van der Waals surface area contributed by atoms with Gasteiger partial charge in [0, 0.05) is 0 Å². The Bertz CT molecular complexity index is 82.1. The molecule has 0 N–H and O–H groups in total. The summed E-state index contributed by atoms with van der Waals surface area (Å²) >= 11 is 10.3. The number of carbonyl (C=O) groups is 1. The Morgan fingerprint density at radius 3 is 2.25 bits per heavy atom. The lowest BCUT2D eigenvalue weighted by Crippen LogP contribution is -2.00. The molecule has 0 amide bonds. The summed E-state index contributed by atoms with van der Waals surface area (Å²) in [7, 11) is 1.28. The van der Waals surface area contributed by atoms with E-state index in [0.29, 0.717) is 0 Å². The minimum Gasteiger partial charge on any atom is -0.469 e. The average molecular weight is 156 g/mol. The van der Waals surface area contributed by atoms with E-state index in [2.05, 4.69) is 4.74 Å². The van der Waals surface area contributed by atoms with Crippen LogP contribution in [-0.4, -0.2) is 13.1 Å². The molecule has 0 aromatic heterocycles. The number of ether oxygens (including phenoxy) is 1. The van der Waals surface area contributed by atoms with Crippen molar-refractivity contribution in [1.82, 2.24) is 0 Å². The van der Waals surface area contributed by atoms with E-state index in [1.807, 2.05) is 0 Å². The summed E-state index contributed by atoms with van der Waals surface area (Å²) in [4.78, 5) is 10.2. The highest BCUT2D eigenvalue weighted by atomic mass is 35.5. The molecule has 8 heavy (non-hydrogen) atoms. The Hall–Kier alpha value is 0.0500. The van der Waals surface area contributed by atoms with E-state index in [1.54, 1.807) is 0 Å². The maximum Gasteiger partial charge on any atom is 0.308 e. The maximum atomic E-state index is 10.2. The number of halogens is 2. The second-order valence-electron chi connectivity index (χ2n) is 1.09. The van der Waals surface area contributed by atoms with Crippen molar-refractivity contribution in [3.63, 3.8) is 0 Å². The molecule has 0 aromatic carbocycles. The molecule has 1 radical (unpaired) electrons. The van der Waals surface area contributed by atoms with Crippen LogP contribution < -0.4 is 0 Å². The van der Waals surface area contributed by atoms with E-state index in [4.69, 9.17) is 23.2 Å². The van der Waals surface area contributed by atoms with Gasteiger partial charge in [0.15, 0.2) is 4.84 Å². The average Bonchev–Trinajstić information content (AvgIpc) is 1.65.